The van der Waals surface area contributed by atoms with Crippen molar-refractivity contribution in [2.75, 3.05) is 0 Å². The van der Waals surface area contributed by atoms with Crippen molar-refractivity contribution in [2.45, 2.75) is 12.3 Å². The molecule has 16 heavy (non-hydrogen) atoms. The van der Waals surface area contributed by atoms with Gasteiger partial charge >= 0.3 is 11.9 Å². The summed E-state index contributed by atoms with van der Waals surface area (Å²) >= 11 is 6.45. The van der Waals surface area contributed by atoms with Crippen LogP contribution in [0.2, 0.25) is 0 Å². The van der Waals surface area contributed by atoms with Crippen molar-refractivity contribution in [3.05, 3.63) is 32.7 Å². The van der Waals surface area contributed by atoms with Crippen LogP contribution in [0.5, 0.6) is 0 Å². The highest BCUT2D eigenvalue weighted by Gasteiger charge is 2.23. The quantitative estimate of drug-likeness (QED) is 0.874. The number of hydrogen-bond acceptors (Lipinski definition) is 2. The molecule has 0 bridgehead atoms. The maximum absolute atomic E-state index is 11.0. The highest BCUT2D eigenvalue weighted by atomic mass is 79.9. The lowest BCUT2D eigenvalue weighted by Gasteiger charge is -2.11. The molecular weight excluding hydrogens is 344 g/mol. The maximum atomic E-state index is 11.0. The first kappa shape index (κ1) is 13.2. The molecule has 0 aliphatic rings. The van der Waals surface area contributed by atoms with Crippen LogP contribution in [0.3, 0.4) is 0 Å². The van der Waals surface area contributed by atoms with Gasteiger partial charge in [-0.15, -0.1) is 0 Å². The van der Waals surface area contributed by atoms with Crippen molar-refractivity contribution < 1.29 is 19.8 Å². The lowest BCUT2D eigenvalue weighted by Crippen LogP contribution is -2.15. The molecule has 0 fully saturated rings. The number of hydrogen-bond donors (Lipinski definition) is 2. The van der Waals surface area contributed by atoms with Gasteiger partial charge in [0.1, 0.15) is 0 Å². The summed E-state index contributed by atoms with van der Waals surface area (Å²) in [5.41, 5.74) is 0.455. The number of rotatable bonds is 4. The van der Waals surface area contributed by atoms with E-state index in [2.05, 4.69) is 31.9 Å². The third-order valence-corrected chi connectivity index (χ3v) is 2.88. The van der Waals surface area contributed by atoms with Crippen LogP contribution in [0.4, 0.5) is 0 Å². The Morgan fingerprint density at radius 3 is 2.00 bits per heavy atom. The van der Waals surface area contributed by atoms with Crippen LogP contribution in [0.25, 0.3) is 0 Å². The number of carboxylic acids is 2. The van der Waals surface area contributed by atoms with Gasteiger partial charge < -0.3 is 10.2 Å². The average molecular weight is 352 g/mol. The Bertz CT molecular complexity index is 411. The van der Waals surface area contributed by atoms with Crippen LogP contribution in [0.15, 0.2) is 27.1 Å². The minimum absolute atomic E-state index is 0.432. The van der Waals surface area contributed by atoms with Crippen LogP contribution in [-0.4, -0.2) is 22.2 Å². The Kier molecular flexibility index (Phi) is 4.49. The molecule has 4 nitrogen and oxygen atoms in total. The van der Waals surface area contributed by atoms with Crippen molar-refractivity contribution in [2.24, 2.45) is 0 Å². The number of benzene rings is 1. The molecule has 1 atom stereocenters. The first-order chi connectivity index (χ1) is 7.40. The van der Waals surface area contributed by atoms with Crippen molar-refractivity contribution in [1.29, 1.82) is 0 Å². The third kappa shape index (κ3) is 3.61. The first-order valence-electron chi connectivity index (χ1n) is 4.30. The van der Waals surface area contributed by atoms with Crippen molar-refractivity contribution in [1.82, 2.24) is 0 Å². The summed E-state index contributed by atoms with van der Waals surface area (Å²) in [5, 5.41) is 17.6. The van der Waals surface area contributed by atoms with Gasteiger partial charge in [0, 0.05) is 8.95 Å². The summed E-state index contributed by atoms with van der Waals surface area (Å²) < 4.78 is 1.40. The Morgan fingerprint density at radius 1 is 1.12 bits per heavy atom. The van der Waals surface area contributed by atoms with Gasteiger partial charge in [0.15, 0.2) is 0 Å². The molecular formula is C10H8Br2O4. The molecule has 1 aromatic rings. The summed E-state index contributed by atoms with van der Waals surface area (Å²) in [6, 6.07) is 4.96. The smallest absolute Gasteiger partial charge is 0.311 e. The molecule has 1 rings (SSSR count). The molecule has 0 spiro atoms. The predicted octanol–water partition coefficient (Wildman–Crippen LogP) is 2.85. The third-order valence-electron chi connectivity index (χ3n) is 1.96. The molecule has 0 aliphatic carbocycles. The molecule has 0 saturated heterocycles. The van der Waals surface area contributed by atoms with E-state index in [1.807, 2.05) is 0 Å². The molecule has 6 heteroatoms. The normalized spacial score (nSPS) is 12.1. The minimum atomic E-state index is -1.15. The van der Waals surface area contributed by atoms with E-state index in [4.69, 9.17) is 10.2 Å². The fourth-order valence-electron chi connectivity index (χ4n) is 1.30. The molecule has 0 heterocycles. The number of aliphatic carboxylic acids is 2. The van der Waals surface area contributed by atoms with Crippen LogP contribution < -0.4 is 0 Å². The lowest BCUT2D eigenvalue weighted by atomic mass is 9.96. The molecule has 0 aromatic heterocycles. The summed E-state index contributed by atoms with van der Waals surface area (Å²) in [6.07, 6.45) is -0.432. The van der Waals surface area contributed by atoms with E-state index in [1.54, 1.807) is 18.2 Å². The maximum Gasteiger partial charge on any atom is 0.311 e. The van der Waals surface area contributed by atoms with Gasteiger partial charge in [0.05, 0.1) is 12.3 Å². The predicted molar refractivity (Wildman–Crippen MR) is 64.5 cm³/mol. The average Bonchev–Trinajstić information content (AvgIpc) is 2.11. The van der Waals surface area contributed by atoms with E-state index in [0.717, 1.165) is 0 Å². The van der Waals surface area contributed by atoms with Gasteiger partial charge in [0.25, 0.3) is 0 Å². The molecule has 0 aliphatic heterocycles. The van der Waals surface area contributed by atoms with Gasteiger partial charge in [-0.2, -0.15) is 0 Å². The van der Waals surface area contributed by atoms with Gasteiger partial charge in [-0.1, -0.05) is 31.9 Å². The molecule has 1 unspecified atom stereocenters. The second-order valence-electron chi connectivity index (χ2n) is 3.19. The van der Waals surface area contributed by atoms with Gasteiger partial charge in [-0.3, -0.25) is 9.59 Å². The van der Waals surface area contributed by atoms with Gasteiger partial charge in [0.2, 0.25) is 0 Å². The van der Waals surface area contributed by atoms with Crippen molar-refractivity contribution in [3.8, 4) is 0 Å². The Morgan fingerprint density at radius 2 is 1.62 bits per heavy atom. The zero-order valence-electron chi connectivity index (χ0n) is 7.98. The molecule has 86 valence electrons. The van der Waals surface area contributed by atoms with Crippen molar-refractivity contribution in [3.63, 3.8) is 0 Å². The second kappa shape index (κ2) is 5.45. The minimum Gasteiger partial charge on any atom is -0.481 e. The van der Waals surface area contributed by atoms with Crippen LogP contribution in [0.1, 0.15) is 17.9 Å². The first-order valence-corrected chi connectivity index (χ1v) is 5.89. The van der Waals surface area contributed by atoms with E-state index in [9.17, 15) is 9.59 Å². The van der Waals surface area contributed by atoms with Crippen LogP contribution in [0, 0.1) is 0 Å². The van der Waals surface area contributed by atoms with Gasteiger partial charge in [-0.05, 0) is 23.8 Å². The molecule has 1 aromatic carbocycles. The Balaban J connectivity index is 3.10. The Hall–Kier alpha value is -0.880. The highest BCUT2D eigenvalue weighted by Crippen LogP contribution is 2.27. The van der Waals surface area contributed by atoms with E-state index in [0.29, 0.717) is 14.5 Å². The zero-order chi connectivity index (χ0) is 12.3. The van der Waals surface area contributed by atoms with E-state index < -0.39 is 24.3 Å². The SMILES string of the molecule is O=C(O)CC(C(=O)O)c1cc(Br)cc(Br)c1. The largest absolute Gasteiger partial charge is 0.481 e. The van der Waals surface area contributed by atoms with Gasteiger partial charge in [-0.25, -0.2) is 0 Å². The summed E-state index contributed by atoms with van der Waals surface area (Å²) in [5.74, 6) is -3.32. The van der Waals surface area contributed by atoms with E-state index >= 15 is 0 Å². The van der Waals surface area contributed by atoms with Crippen LogP contribution >= 0.6 is 31.9 Å². The zero-order valence-corrected chi connectivity index (χ0v) is 11.2. The molecule has 0 saturated carbocycles. The Labute approximate surface area is 109 Å². The summed E-state index contributed by atoms with van der Waals surface area (Å²) in [4.78, 5) is 21.5. The van der Waals surface area contributed by atoms with Crippen molar-refractivity contribution >= 4 is 43.8 Å². The van der Waals surface area contributed by atoms with Crippen LogP contribution in [-0.2, 0) is 9.59 Å². The molecule has 2 N–H and O–H groups in total. The number of halogens is 2. The highest BCUT2D eigenvalue weighted by molar-refractivity contribution is 9.11. The monoisotopic (exact) mass is 350 g/mol. The fraction of sp³-hybridized carbons (Fsp3) is 0.200. The molecule has 0 amide bonds. The fourth-order valence-corrected chi connectivity index (χ4v) is 2.63. The topological polar surface area (TPSA) is 74.6 Å². The number of carbonyl (C=O) groups is 2. The summed E-state index contributed by atoms with van der Waals surface area (Å²) in [7, 11) is 0. The van der Waals surface area contributed by atoms with E-state index in [1.165, 1.54) is 0 Å². The van der Waals surface area contributed by atoms with E-state index in [-0.39, 0.29) is 0 Å². The molecule has 0 radical (unpaired) electrons. The standard InChI is InChI=1S/C10H8Br2O4/c11-6-1-5(2-7(12)3-6)8(10(15)16)4-9(13)14/h1-3,8H,4H2,(H,13,14)(H,15,16). The summed E-state index contributed by atoms with van der Waals surface area (Å²) in [6.45, 7) is 0. The second-order valence-corrected chi connectivity index (χ2v) is 5.02. The number of carboxylic acid groups (broad SMARTS) is 2. The lowest BCUT2D eigenvalue weighted by molar-refractivity contribution is -0.145.